The molecule has 0 spiro atoms. The average Bonchev–Trinajstić information content (AvgIpc) is 2.98. The minimum Gasteiger partial charge on any atom is -0.491 e. The highest BCUT2D eigenvalue weighted by atomic mass is 16.6. The normalized spacial score (nSPS) is 15.9. The molecule has 7 heteroatoms. The molecule has 0 saturated carbocycles. The third kappa shape index (κ3) is 4.08. The second kappa shape index (κ2) is 8.34. The fourth-order valence-corrected chi connectivity index (χ4v) is 3.64. The summed E-state index contributed by atoms with van der Waals surface area (Å²) in [6.07, 6.45) is 0.0450. The number of imide groups is 1. The Morgan fingerprint density at radius 3 is 2.23 bits per heavy atom. The summed E-state index contributed by atoms with van der Waals surface area (Å²) in [5.41, 5.74) is 1.87. The van der Waals surface area contributed by atoms with Crippen molar-refractivity contribution in [3.63, 3.8) is 0 Å². The van der Waals surface area contributed by atoms with Gasteiger partial charge in [-0.25, -0.2) is 0 Å². The number of carbonyl (C=O) groups is 2. The molecule has 2 aliphatic rings. The van der Waals surface area contributed by atoms with E-state index in [1.54, 1.807) is 42.5 Å². The molecule has 4 rings (SSSR count). The quantitative estimate of drug-likeness (QED) is 0.713. The first-order valence-corrected chi connectivity index (χ1v) is 10.4. The SMILES string of the molecule is CC(C)Oc1ccc(C2=C(Nc3ccc4c(c3)OCCO4)C(=O)N(C(C)C)C2=O)cc1. The first kappa shape index (κ1) is 20.8. The smallest absolute Gasteiger partial charge is 0.278 e. The van der Waals surface area contributed by atoms with Crippen LogP contribution in [-0.2, 0) is 9.59 Å². The van der Waals surface area contributed by atoms with Crippen LogP contribution in [0.1, 0.15) is 33.3 Å². The molecular weight excluding hydrogens is 396 g/mol. The molecule has 2 amide bonds. The number of hydrogen-bond acceptors (Lipinski definition) is 6. The van der Waals surface area contributed by atoms with Gasteiger partial charge in [-0.2, -0.15) is 0 Å². The molecule has 0 bridgehead atoms. The molecule has 2 aliphatic heterocycles. The third-order valence-electron chi connectivity index (χ3n) is 4.96. The molecule has 1 N–H and O–H groups in total. The van der Waals surface area contributed by atoms with Crippen molar-refractivity contribution in [1.82, 2.24) is 4.90 Å². The molecule has 162 valence electrons. The maximum atomic E-state index is 13.2. The van der Waals surface area contributed by atoms with E-state index < -0.39 is 0 Å². The van der Waals surface area contributed by atoms with Crippen molar-refractivity contribution in [1.29, 1.82) is 0 Å². The molecule has 0 fully saturated rings. The first-order valence-electron chi connectivity index (χ1n) is 10.4. The van der Waals surface area contributed by atoms with E-state index in [0.29, 0.717) is 47.3 Å². The highest BCUT2D eigenvalue weighted by Gasteiger charge is 2.40. The van der Waals surface area contributed by atoms with E-state index in [4.69, 9.17) is 14.2 Å². The fraction of sp³-hybridized carbons (Fsp3) is 0.333. The summed E-state index contributed by atoms with van der Waals surface area (Å²) >= 11 is 0. The number of fused-ring (bicyclic) bond motifs is 1. The molecule has 0 radical (unpaired) electrons. The molecule has 31 heavy (non-hydrogen) atoms. The Kier molecular flexibility index (Phi) is 5.59. The number of amides is 2. The van der Waals surface area contributed by atoms with Crippen molar-refractivity contribution in [3.05, 3.63) is 53.7 Å². The van der Waals surface area contributed by atoms with Gasteiger partial charge in [-0.1, -0.05) is 12.1 Å². The average molecular weight is 422 g/mol. The Morgan fingerprint density at radius 1 is 0.903 bits per heavy atom. The van der Waals surface area contributed by atoms with E-state index in [-0.39, 0.29) is 29.7 Å². The number of hydrogen-bond donors (Lipinski definition) is 1. The predicted molar refractivity (Wildman–Crippen MR) is 117 cm³/mol. The number of rotatable bonds is 6. The Labute approximate surface area is 181 Å². The van der Waals surface area contributed by atoms with Crippen LogP contribution < -0.4 is 19.5 Å². The van der Waals surface area contributed by atoms with Crippen LogP contribution in [0.2, 0.25) is 0 Å². The summed E-state index contributed by atoms with van der Waals surface area (Å²) in [5, 5.41) is 3.15. The minimum atomic E-state index is -0.354. The summed E-state index contributed by atoms with van der Waals surface area (Å²) in [7, 11) is 0. The van der Waals surface area contributed by atoms with Crippen LogP contribution in [0.3, 0.4) is 0 Å². The number of carbonyl (C=O) groups excluding carboxylic acids is 2. The van der Waals surface area contributed by atoms with Crippen molar-refractivity contribution in [2.75, 3.05) is 18.5 Å². The summed E-state index contributed by atoms with van der Waals surface area (Å²) in [4.78, 5) is 27.6. The number of nitrogens with zero attached hydrogens (tertiary/aromatic N) is 1. The van der Waals surface area contributed by atoms with Crippen LogP contribution in [0.4, 0.5) is 5.69 Å². The van der Waals surface area contributed by atoms with Crippen LogP contribution in [0.5, 0.6) is 17.2 Å². The van der Waals surface area contributed by atoms with Crippen molar-refractivity contribution < 1.29 is 23.8 Å². The van der Waals surface area contributed by atoms with Gasteiger partial charge >= 0.3 is 0 Å². The molecule has 0 unspecified atom stereocenters. The molecule has 0 aliphatic carbocycles. The van der Waals surface area contributed by atoms with Gasteiger partial charge in [-0.3, -0.25) is 14.5 Å². The van der Waals surface area contributed by atoms with Crippen LogP contribution in [0.25, 0.3) is 5.57 Å². The van der Waals surface area contributed by atoms with Crippen molar-refractivity contribution in [2.24, 2.45) is 0 Å². The highest BCUT2D eigenvalue weighted by molar-refractivity contribution is 6.36. The van der Waals surface area contributed by atoms with Crippen LogP contribution >= 0.6 is 0 Å². The highest BCUT2D eigenvalue weighted by Crippen LogP contribution is 2.36. The zero-order valence-corrected chi connectivity index (χ0v) is 18.1. The van der Waals surface area contributed by atoms with Crippen molar-refractivity contribution in [3.8, 4) is 17.2 Å². The van der Waals surface area contributed by atoms with Gasteiger partial charge in [0, 0.05) is 17.8 Å². The lowest BCUT2D eigenvalue weighted by atomic mass is 10.0. The topological polar surface area (TPSA) is 77.1 Å². The van der Waals surface area contributed by atoms with Crippen LogP contribution in [0.15, 0.2) is 48.2 Å². The van der Waals surface area contributed by atoms with Gasteiger partial charge in [0.2, 0.25) is 0 Å². The zero-order valence-electron chi connectivity index (χ0n) is 18.1. The van der Waals surface area contributed by atoms with Gasteiger partial charge < -0.3 is 19.5 Å². The standard InChI is InChI=1S/C24H26N2O5/c1-14(2)26-23(27)21(16-5-8-18(9-6-16)31-15(3)4)22(24(26)28)25-17-7-10-19-20(13-17)30-12-11-29-19/h5-10,13-15,25H,11-12H2,1-4H3. The fourth-order valence-electron chi connectivity index (χ4n) is 3.64. The third-order valence-corrected chi connectivity index (χ3v) is 4.96. The maximum Gasteiger partial charge on any atom is 0.278 e. The summed E-state index contributed by atoms with van der Waals surface area (Å²) in [5.74, 6) is 1.29. The van der Waals surface area contributed by atoms with Gasteiger partial charge in [0.05, 0.1) is 11.7 Å². The molecule has 2 aromatic carbocycles. The van der Waals surface area contributed by atoms with Gasteiger partial charge in [0.25, 0.3) is 11.8 Å². The Bertz CT molecular complexity index is 1040. The summed E-state index contributed by atoms with van der Waals surface area (Å²) < 4.78 is 16.9. The van der Waals surface area contributed by atoms with E-state index in [2.05, 4.69) is 5.32 Å². The monoisotopic (exact) mass is 422 g/mol. The van der Waals surface area contributed by atoms with Crippen LogP contribution in [-0.4, -0.2) is 42.1 Å². The molecule has 0 aromatic heterocycles. The molecule has 0 atom stereocenters. The molecule has 7 nitrogen and oxygen atoms in total. The number of benzene rings is 2. The van der Waals surface area contributed by atoms with Crippen molar-refractivity contribution >= 4 is 23.1 Å². The van der Waals surface area contributed by atoms with Gasteiger partial charge in [-0.15, -0.1) is 0 Å². The van der Waals surface area contributed by atoms with Crippen LogP contribution in [0, 0.1) is 0 Å². The lowest BCUT2D eigenvalue weighted by Gasteiger charge is -2.20. The molecule has 0 saturated heterocycles. The first-order chi connectivity index (χ1) is 14.8. The van der Waals surface area contributed by atoms with E-state index in [0.717, 1.165) is 0 Å². The Balaban J connectivity index is 1.72. The zero-order chi connectivity index (χ0) is 22.1. The number of anilines is 1. The second-order valence-electron chi connectivity index (χ2n) is 8.00. The lowest BCUT2D eigenvalue weighted by Crippen LogP contribution is -2.38. The Hall–Kier alpha value is -3.48. The van der Waals surface area contributed by atoms with E-state index in [9.17, 15) is 9.59 Å². The molecule has 2 heterocycles. The predicted octanol–water partition coefficient (Wildman–Crippen LogP) is 3.85. The summed E-state index contributed by atoms with van der Waals surface area (Å²) in [6, 6.07) is 12.3. The largest absolute Gasteiger partial charge is 0.491 e. The van der Waals surface area contributed by atoms with Gasteiger partial charge in [-0.05, 0) is 57.5 Å². The van der Waals surface area contributed by atoms with Crippen molar-refractivity contribution in [2.45, 2.75) is 39.8 Å². The molecular formula is C24H26N2O5. The molecule has 2 aromatic rings. The van der Waals surface area contributed by atoms with E-state index in [1.165, 1.54) is 4.90 Å². The van der Waals surface area contributed by atoms with E-state index in [1.807, 2.05) is 27.7 Å². The maximum absolute atomic E-state index is 13.2. The lowest BCUT2D eigenvalue weighted by molar-refractivity contribution is -0.138. The minimum absolute atomic E-state index is 0.0450. The second-order valence-corrected chi connectivity index (χ2v) is 8.00. The number of ether oxygens (including phenoxy) is 3. The van der Waals surface area contributed by atoms with E-state index >= 15 is 0 Å². The van der Waals surface area contributed by atoms with Gasteiger partial charge in [0.15, 0.2) is 11.5 Å². The van der Waals surface area contributed by atoms with Gasteiger partial charge in [0.1, 0.15) is 24.7 Å². The Morgan fingerprint density at radius 2 is 1.58 bits per heavy atom. The summed E-state index contributed by atoms with van der Waals surface area (Å²) in [6.45, 7) is 8.51. The number of nitrogens with one attached hydrogen (secondary N) is 1.